The summed E-state index contributed by atoms with van der Waals surface area (Å²) in [6.07, 6.45) is 0.194. The van der Waals surface area contributed by atoms with Gasteiger partial charge in [0.1, 0.15) is 12.3 Å². The predicted molar refractivity (Wildman–Crippen MR) is 55.5 cm³/mol. The second-order valence-corrected chi connectivity index (χ2v) is 2.86. The molecule has 0 heterocycles. The lowest BCUT2D eigenvalue weighted by Gasteiger charge is -2.07. The number of benzene rings is 1. The van der Waals surface area contributed by atoms with E-state index in [0.717, 1.165) is 12.0 Å². The highest BCUT2D eigenvalue weighted by Crippen LogP contribution is 2.18. The maximum absolute atomic E-state index is 11.2. The van der Waals surface area contributed by atoms with E-state index in [9.17, 15) is 4.79 Å². The molecule has 0 aliphatic heterocycles. The van der Waals surface area contributed by atoms with Crippen LogP contribution < -0.4 is 10.1 Å². The maximum atomic E-state index is 11.2. The molecular formula is C11H12N2O2. The maximum Gasteiger partial charge on any atom is 0.413 e. The largest absolute Gasteiger partial charge is 0.413 e. The van der Waals surface area contributed by atoms with Crippen LogP contribution in [0.3, 0.4) is 0 Å². The monoisotopic (exact) mass is 204 g/mol. The summed E-state index contributed by atoms with van der Waals surface area (Å²) >= 11 is 0. The summed E-state index contributed by atoms with van der Waals surface area (Å²) in [7, 11) is 0. The van der Waals surface area contributed by atoms with Gasteiger partial charge in [-0.05, 0) is 18.1 Å². The van der Waals surface area contributed by atoms with Crippen molar-refractivity contribution in [2.75, 3.05) is 6.54 Å². The lowest BCUT2D eigenvalue weighted by molar-refractivity contribution is 0.201. The van der Waals surface area contributed by atoms with Gasteiger partial charge in [0, 0.05) is 0 Å². The third-order valence-corrected chi connectivity index (χ3v) is 1.87. The minimum atomic E-state index is -0.600. The quantitative estimate of drug-likeness (QED) is 0.764. The van der Waals surface area contributed by atoms with Gasteiger partial charge in [-0.3, -0.25) is 0 Å². The van der Waals surface area contributed by atoms with Gasteiger partial charge in [-0.15, -0.1) is 0 Å². The Morgan fingerprint density at radius 2 is 2.27 bits per heavy atom. The van der Waals surface area contributed by atoms with Crippen molar-refractivity contribution < 1.29 is 9.53 Å². The van der Waals surface area contributed by atoms with Gasteiger partial charge in [0.05, 0.1) is 6.07 Å². The number of ether oxygens (including phenoxy) is 1. The predicted octanol–water partition coefficient (Wildman–Crippen LogP) is 1.86. The van der Waals surface area contributed by atoms with E-state index in [-0.39, 0.29) is 6.54 Å². The van der Waals surface area contributed by atoms with Crippen molar-refractivity contribution in [3.63, 3.8) is 0 Å². The van der Waals surface area contributed by atoms with E-state index in [2.05, 4.69) is 5.32 Å². The summed E-state index contributed by atoms with van der Waals surface area (Å²) in [5.74, 6) is 0.537. The fraction of sp³-hybridized carbons (Fsp3) is 0.273. The Bertz CT molecular complexity index is 382. The zero-order valence-corrected chi connectivity index (χ0v) is 8.49. The molecule has 0 atom stereocenters. The van der Waals surface area contributed by atoms with Crippen LogP contribution in [0.4, 0.5) is 4.79 Å². The molecule has 0 aromatic heterocycles. The van der Waals surface area contributed by atoms with Crippen LogP contribution in [0.2, 0.25) is 0 Å². The van der Waals surface area contributed by atoms with Crippen molar-refractivity contribution >= 4 is 6.09 Å². The summed E-state index contributed by atoms with van der Waals surface area (Å²) in [5.41, 5.74) is 0.963. The van der Waals surface area contributed by atoms with Crippen molar-refractivity contribution in [3.8, 4) is 11.8 Å². The van der Waals surface area contributed by atoms with Crippen LogP contribution in [0.1, 0.15) is 12.5 Å². The Hall–Kier alpha value is -2.02. The van der Waals surface area contributed by atoms with Gasteiger partial charge in [0.2, 0.25) is 0 Å². The van der Waals surface area contributed by atoms with E-state index in [4.69, 9.17) is 10.00 Å². The van der Waals surface area contributed by atoms with Gasteiger partial charge in [-0.25, -0.2) is 4.79 Å². The van der Waals surface area contributed by atoms with Gasteiger partial charge in [-0.1, -0.05) is 25.1 Å². The summed E-state index contributed by atoms with van der Waals surface area (Å²) in [6, 6.07) is 9.11. The zero-order valence-electron chi connectivity index (χ0n) is 8.49. The first kappa shape index (κ1) is 11.1. The fourth-order valence-corrected chi connectivity index (χ4v) is 1.14. The van der Waals surface area contributed by atoms with Crippen molar-refractivity contribution in [2.45, 2.75) is 13.3 Å². The first-order valence-electron chi connectivity index (χ1n) is 4.68. The lowest BCUT2D eigenvalue weighted by Crippen LogP contribution is -2.27. The molecule has 1 aromatic carbocycles. The zero-order chi connectivity index (χ0) is 11.1. The molecule has 4 nitrogen and oxygen atoms in total. The number of amides is 1. The standard InChI is InChI=1S/C11H12N2O2/c1-2-9-5-3-4-6-10(9)15-11(14)13-8-7-12/h3-6H,2,8H2,1H3,(H,13,14). The normalized spacial score (nSPS) is 9.07. The summed E-state index contributed by atoms with van der Waals surface area (Å²) in [6.45, 7) is 1.93. The Labute approximate surface area is 88.5 Å². The average molecular weight is 204 g/mol. The Balaban J connectivity index is 2.64. The third kappa shape index (κ3) is 3.31. The molecule has 0 radical (unpaired) electrons. The highest BCUT2D eigenvalue weighted by atomic mass is 16.6. The van der Waals surface area contributed by atoms with Crippen molar-refractivity contribution in [1.82, 2.24) is 5.32 Å². The highest BCUT2D eigenvalue weighted by Gasteiger charge is 2.06. The minimum Gasteiger partial charge on any atom is -0.410 e. The van der Waals surface area contributed by atoms with Gasteiger partial charge in [0.15, 0.2) is 0 Å². The number of hydrogen-bond acceptors (Lipinski definition) is 3. The number of carbonyl (C=O) groups excluding carboxylic acids is 1. The molecule has 4 heteroatoms. The minimum absolute atomic E-state index is 0.0485. The van der Waals surface area contributed by atoms with E-state index in [0.29, 0.717) is 5.75 Å². The second-order valence-electron chi connectivity index (χ2n) is 2.86. The second kappa shape index (κ2) is 5.66. The molecule has 0 spiro atoms. The van der Waals surface area contributed by atoms with E-state index in [1.54, 1.807) is 18.2 Å². The molecule has 0 saturated heterocycles. The Morgan fingerprint density at radius 1 is 1.53 bits per heavy atom. The van der Waals surface area contributed by atoms with Gasteiger partial charge in [0.25, 0.3) is 0 Å². The fourth-order valence-electron chi connectivity index (χ4n) is 1.14. The van der Waals surface area contributed by atoms with Gasteiger partial charge in [-0.2, -0.15) is 5.26 Å². The topological polar surface area (TPSA) is 62.1 Å². The van der Waals surface area contributed by atoms with Crippen LogP contribution in [0.15, 0.2) is 24.3 Å². The van der Waals surface area contributed by atoms with E-state index in [1.807, 2.05) is 19.1 Å². The van der Waals surface area contributed by atoms with Crippen LogP contribution in [-0.4, -0.2) is 12.6 Å². The molecule has 15 heavy (non-hydrogen) atoms. The van der Waals surface area contributed by atoms with Crippen LogP contribution in [0, 0.1) is 11.3 Å². The molecule has 0 unspecified atom stereocenters. The van der Waals surface area contributed by atoms with Crippen molar-refractivity contribution in [3.05, 3.63) is 29.8 Å². The number of aryl methyl sites for hydroxylation is 1. The molecule has 1 amide bonds. The van der Waals surface area contributed by atoms with Gasteiger partial charge >= 0.3 is 6.09 Å². The average Bonchev–Trinajstić information content (AvgIpc) is 2.27. The third-order valence-electron chi connectivity index (χ3n) is 1.87. The Kier molecular flexibility index (Phi) is 4.17. The number of rotatable bonds is 3. The van der Waals surface area contributed by atoms with Gasteiger partial charge < -0.3 is 10.1 Å². The molecule has 0 fully saturated rings. The van der Waals surface area contributed by atoms with Crippen LogP contribution in [0.25, 0.3) is 0 Å². The number of hydrogen-bond donors (Lipinski definition) is 1. The molecule has 0 saturated carbocycles. The molecule has 1 rings (SSSR count). The molecule has 0 bridgehead atoms. The van der Waals surface area contributed by atoms with Crippen LogP contribution in [-0.2, 0) is 6.42 Å². The number of para-hydroxylation sites is 1. The van der Waals surface area contributed by atoms with E-state index >= 15 is 0 Å². The van der Waals surface area contributed by atoms with Crippen LogP contribution in [0.5, 0.6) is 5.75 Å². The van der Waals surface area contributed by atoms with E-state index in [1.165, 1.54) is 0 Å². The SMILES string of the molecule is CCc1ccccc1OC(=O)NCC#N. The highest BCUT2D eigenvalue weighted by molar-refractivity contribution is 5.71. The molecular weight excluding hydrogens is 192 g/mol. The smallest absolute Gasteiger partial charge is 0.410 e. The number of nitrogens with one attached hydrogen (secondary N) is 1. The molecule has 1 N–H and O–H groups in total. The lowest BCUT2D eigenvalue weighted by atomic mass is 10.1. The number of nitriles is 1. The molecule has 78 valence electrons. The summed E-state index contributed by atoms with van der Waals surface area (Å²) in [5, 5.41) is 10.6. The van der Waals surface area contributed by atoms with Crippen molar-refractivity contribution in [1.29, 1.82) is 5.26 Å². The van der Waals surface area contributed by atoms with E-state index < -0.39 is 6.09 Å². The number of nitrogens with zero attached hydrogens (tertiary/aromatic N) is 1. The summed E-state index contributed by atoms with van der Waals surface area (Å²) < 4.78 is 5.04. The Morgan fingerprint density at radius 3 is 2.93 bits per heavy atom. The molecule has 0 aliphatic rings. The molecule has 0 aliphatic carbocycles. The first-order chi connectivity index (χ1) is 7.27. The number of carbonyl (C=O) groups is 1. The van der Waals surface area contributed by atoms with Crippen molar-refractivity contribution in [2.24, 2.45) is 0 Å². The first-order valence-corrected chi connectivity index (χ1v) is 4.68. The summed E-state index contributed by atoms with van der Waals surface area (Å²) in [4.78, 5) is 11.2. The molecule has 1 aromatic rings. The van der Waals surface area contributed by atoms with Crippen LogP contribution >= 0.6 is 0 Å².